The summed E-state index contributed by atoms with van der Waals surface area (Å²) in [5, 5.41) is 19.9. The molecule has 11 nitrogen and oxygen atoms in total. The molecule has 162 valence electrons. The Balaban J connectivity index is 1.68. The van der Waals surface area contributed by atoms with Crippen LogP contribution in [-0.2, 0) is 0 Å². The van der Waals surface area contributed by atoms with Gasteiger partial charge >= 0.3 is 0 Å². The predicted octanol–water partition coefficient (Wildman–Crippen LogP) is 2.72. The van der Waals surface area contributed by atoms with E-state index < -0.39 is 5.91 Å². The van der Waals surface area contributed by atoms with E-state index >= 15 is 0 Å². The first-order chi connectivity index (χ1) is 15.6. The summed E-state index contributed by atoms with van der Waals surface area (Å²) in [6.07, 6.45) is 1.46. The number of carbonyl (C=O) groups excluding carboxylic acids is 1. The molecular weight excluding hydrogens is 436 g/mol. The number of carbonyl (C=O) groups is 1. The predicted molar refractivity (Wildman–Crippen MR) is 117 cm³/mol. The van der Waals surface area contributed by atoms with Crippen molar-refractivity contribution in [1.29, 1.82) is 0 Å². The standard InChI is InChI=1S/C20H17ClN8O3/c1-2-31-15-8-6-13(7-9-15)17-16(24-28-29(17)19-18(22)26-32-27-19)20(30)25-23-11-12-4-3-5-14(21)10-12/h3-11H,2H2,1H3,(H2,22,26)(H,25,30)/b23-11-. The molecule has 2 aromatic heterocycles. The van der Waals surface area contributed by atoms with Crippen molar-refractivity contribution < 1.29 is 14.2 Å². The average Bonchev–Trinajstić information content (AvgIpc) is 3.40. The van der Waals surface area contributed by atoms with Crippen LogP contribution >= 0.6 is 11.6 Å². The van der Waals surface area contributed by atoms with Crippen molar-refractivity contribution in [3.63, 3.8) is 0 Å². The molecule has 3 N–H and O–H groups in total. The van der Waals surface area contributed by atoms with E-state index in [1.165, 1.54) is 10.9 Å². The van der Waals surface area contributed by atoms with Gasteiger partial charge in [-0.15, -0.1) is 5.10 Å². The van der Waals surface area contributed by atoms with E-state index in [9.17, 15) is 4.79 Å². The Morgan fingerprint density at radius 2 is 2.09 bits per heavy atom. The lowest BCUT2D eigenvalue weighted by atomic mass is 10.1. The number of rotatable bonds is 7. The molecule has 0 fully saturated rings. The number of halogens is 1. The van der Waals surface area contributed by atoms with Gasteiger partial charge in [0.25, 0.3) is 5.91 Å². The number of amides is 1. The van der Waals surface area contributed by atoms with Gasteiger partial charge in [-0.25, -0.2) is 10.1 Å². The zero-order valence-corrected chi connectivity index (χ0v) is 17.5. The third-order valence-electron chi connectivity index (χ3n) is 4.25. The first kappa shape index (κ1) is 21.0. The maximum atomic E-state index is 12.9. The number of hydrogen-bond donors (Lipinski definition) is 2. The fourth-order valence-corrected chi connectivity index (χ4v) is 3.06. The van der Waals surface area contributed by atoms with Gasteiger partial charge in [-0.05, 0) is 59.2 Å². The normalized spacial score (nSPS) is 11.1. The van der Waals surface area contributed by atoms with E-state index in [1.807, 2.05) is 6.92 Å². The second-order valence-corrected chi connectivity index (χ2v) is 6.82. The number of nitrogen functional groups attached to an aromatic ring is 1. The summed E-state index contributed by atoms with van der Waals surface area (Å²) in [6.45, 7) is 2.41. The molecule has 4 aromatic rings. The smallest absolute Gasteiger partial charge is 0.294 e. The second kappa shape index (κ2) is 9.27. The highest BCUT2D eigenvalue weighted by atomic mass is 35.5. The van der Waals surface area contributed by atoms with Crippen molar-refractivity contribution in [2.75, 3.05) is 12.3 Å². The Hall–Kier alpha value is -4.25. The number of benzene rings is 2. The molecule has 12 heteroatoms. The summed E-state index contributed by atoms with van der Waals surface area (Å²) in [6, 6.07) is 14.1. The summed E-state index contributed by atoms with van der Waals surface area (Å²) in [4.78, 5) is 12.9. The van der Waals surface area contributed by atoms with Gasteiger partial charge in [-0.3, -0.25) is 4.79 Å². The molecular formula is C20H17ClN8O3. The number of nitrogens with one attached hydrogen (secondary N) is 1. The number of anilines is 1. The fourth-order valence-electron chi connectivity index (χ4n) is 2.86. The molecule has 0 atom stereocenters. The molecule has 0 aliphatic rings. The molecule has 0 saturated carbocycles. The van der Waals surface area contributed by atoms with E-state index in [0.717, 1.165) is 5.56 Å². The number of hydrogen-bond acceptors (Lipinski definition) is 9. The Morgan fingerprint density at radius 3 is 2.78 bits per heavy atom. The van der Waals surface area contributed by atoms with Crippen LogP contribution in [-0.4, -0.2) is 44.0 Å². The molecule has 0 spiro atoms. The molecule has 2 heterocycles. The first-order valence-corrected chi connectivity index (χ1v) is 9.81. The van der Waals surface area contributed by atoms with Crippen molar-refractivity contribution in [3.05, 3.63) is 64.8 Å². The maximum absolute atomic E-state index is 12.9. The molecule has 0 bridgehead atoms. The molecule has 2 aromatic carbocycles. The maximum Gasteiger partial charge on any atom is 0.294 e. The quantitative estimate of drug-likeness (QED) is 0.321. The van der Waals surface area contributed by atoms with Gasteiger partial charge in [0.2, 0.25) is 11.6 Å². The van der Waals surface area contributed by atoms with Gasteiger partial charge in [0.05, 0.1) is 12.8 Å². The average molecular weight is 453 g/mol. The van der Waals surface area contributed by atoms with Crippen molar-refractivity contribution in [1.82, 2.24) is 30.7 Å². The van der Waals surface area contributed by atoms with Crippen LogP contribution in [0.4, 0.5) is 5.82 Å². The van der Waals surface area contributed by atoms with Crippen LogP contribution in [0.15, 0.2) is 58.3 Å². The summed E-state index contributed by atoms with van der Waals surface area (Å²) >= 11 is 5.96. The monoisotopic (exact) mass is 452 g/mol. The minimum Gasteiger partial charge on any atom is -0.494 e. The van der Waals surface area contributed by atoms with E-state index in [4.69, 9.17) is 22.1 Å². The first-order valence-electron chi connectivity index (χ1n) is 9.43. The van der Waals surface area contributed by atoms with Crippen molar-refractivity contribution in [2.24, 2.45) is 5.10 Å². The lowest BCUT2D eigenvalue weighted by molar-refractivity contribution is 0.0950. The Kier molecular flexibility index (Phi) is 6.08. The van der Waals surface area contributed by atoms with E-state index in [2.05, 4.69) is 35.8 Å². The topological polar surface area (TPSA) is 146 Å². The molecule has 0 aliphatic carbocycles. The van der Waals surface area contributed by atoms with Crippen LogP contribution in [0.25, 0.3) is 17.1 Å². The second-order valence-electron chi connectivity index (χ2n) is 6.38. The summed E-state index contributed by atoms with van der Waals surface area (Å²) in [7, 11) is 0. The van der Waals surface area contributed by atoms with Crippen LogP contribution in [0, 0.1) is 0 Å². The number of ether oxygens (including phenoxy) is 1. The third kappa shape index (κ3) is 4.42. The SMILES string of the molecule is CCOc1ccc(-c2c(C(=O)N/N=C\c3cccc(Cl)c3)nnn2-c2nonc2N)cc1. The molecule has 4 rings (SSSR count). The minimum atomic E-state index is -0.589. The highest BCUT2D eigenvalue weighted by molar-refractivity contribution is 6.30. The summed E-state index contributed by atoms with van der Waals surface area (Å²) in [5.41, 5.74) is 9.91. The van der Waals surface area contributed by atoms with Crippen LogP contribution in [0.2, 0.25) is 5.02 Å². The van der Waals surface area contributed by atoms with Crippen molar-refractivity contribution in [3.8, 4) is 22.8 Å². The van der Waals surface area contributed by atoms with Crippen LogP contribution < -0.4 is 15.9 Å². The fraction of sp³-hybridized carbons (Fsp3) is 0.100. The van der Waals surface area contributed by atoms with Crippen LogP contribution in [0.5, 0.6) is 5.75 Å². The Bertz CT molecular complexity index is 1270. The lowest BCUT2D eigenvalue weighted by Crippen LogP contribution is -2.19. The zero-order chi connectivity index (χ0) is 22.5. The van der Waals surface area contributed by atoms with Gasteiger partial charge < -0.3 is 10.5 Å². The van der Waals surface area contributed by atoms with Gasteiger partial charge in [0, 0.05) is 10.6 Å². The lowest BCUT2D eigenvalue weighted by Gasteiger charge is -2.07. The summed E-state index contributed by atoms with van der Waals surface area (Å²) in [5.74, 6) is 0.180. The van der Waals surface area contributed by atoms with Crippen molar-refractivity contribution >= 4 is 29.5 Å². The zero-order valence-electron chi connectivity index (χ0n) is 16.8. The molecule has 0 unspecified atom stereocenters. The molecule has 0 radical (unpaired) electrons. The van der Waals surface area contributed by atoms with Crippen molar-refractivity contribution in [2.45, 2.75) is 6.92 Å². The molecule has 32 heavy (non-hydrogen) atoms. The van der Waals surface area contributed by atoms with Gasteiger partial charge in [0.1, 0.15) is 11.4 Å². The number of hydrazone groups is 1. The third-order valence-corrected chi connectivity index (χ3v) is 4.48. The van der Waals surface area contributed by atoms with E-state index in [1.54, 1.807) is 48.5 Å². The minimum absolute atomic E-state index is 0.000182. The largest absolute Gasteiger partial charge is 0.494 e. The highest BCUT2D eigenvalue weighted by Gasteiger charge is 2.25. The Morgan fingerprint density at radius 1 is 1.28 bits per heavy atom. The number of aromatic nitrogens is 5. The van der Waals surface area contributed by atoms with E-state index in [0.29, 0.717) is 28.6 Å². The number of nitrogens with zero attached hydrogens (tertiary/aromatic N) is 6. The summed E-state index contributed by atoms with van der Waals surface area (Å²) < 4.78 is 11.4. The van der Waals surface area contributed by atoms with Gasteiger partial charge in [-0.1, -0.05) is 28.9 Å². The van der Waals surface area contributed by atoms with Crippen LogP contribution in [0.3, 0.4) is 0 Å². The molecule has 1 amide bonds. The highest BCUT2D eigenvalue weighted by Crippen LogP contribution is 2.28. The van der Waals surface area contributed by atoms with E-state index in [-0.39, 0.29) is 17.3 Å². The number of nitrogens with two attached hydrogens (primary N) is 1. The Labute approximate surface area is 186 Å². The van der Waals surface area contributed by atoms with Crippen LogP contribution in [0.1, 0.15) is 23.0 Å². The molecule has 0 aliphatic heterocycles. The molecule has 0 saturated heterocycles. The van der Waals surface area contributed by atoms with Gasteiger partial charge in [0.15, 0.2) is 5.69 Å². The van der Waals surface area contributed by atoms with Gasteiger partial charge in [-0.2, -0.15) is 9.78 Å².